The van der Waals surface area contributed by atoms with Gasteiger partial charge < -0.3 is 24.1 Å². The molecule has 2 N–H and O–H groups in total. The molecule has 1 aromatic heterocycles. The average Bonchev–Trinajstić information content (AvgIpc) is 3.19. The third kappa shape index (κ3) is 3.87. The molecule has 0 bridgehead atoms. The highest BCUT2D eigenvalue weighted by Crippen LogP contribution is 2.51. The summed E-state index contributed by atoms with van der Waals surface area (Å²) in [5, 5.41) is 19.9. The van der Waals surface area contributed by atoms with E-state index in [4.69, 9.17) is 20.8 Å². The first-order valence-electron chi connectivity index (χ1n) is 10.7. The van der Waals surface area contributed by atoms with Crippen molar-refractivity contribution in [1.82, 2.24) is 4.90 Å². The smallest absolute Gasteiger partial charge is 0.423 e. The van der Waals surface area contributed by atoms with E-state index in [-0.39, 0.29) is 17.0 Å². The Morgan fingerprint density at radius 3 is 2.53 bits per heavy atom. The number of rotatable bonds is 6. The number of fused-ring (bicyclic) bond motifs is 2. The Morgan fingerprint density at radius 2 is 2.00 bits per heavy atom. The van der Waals surface area contributed by atoms with Crippen molar-refractivity contribution >= 4 is 49.1 Å². The van der Waals surface area contributed by atoms with Crippen molar-refractivity contribution in [2.75, 3.05) is 19.8 Å². The summed E-state index contributed by atoms with van der Waals surface area (Å²) in [6.07, 6.45) is 0. The predicted molar refractivity (Wildman–Crippen MR) is 130 cm³/mol. The van der Waals surface area contributed by atoms with Crippen LogP contribution in [0, 0.1) is 0 Å². The van der Waals surface area contributed by atoms with E-state index in [9.17, 15) is 14.8 Å². The third-order valence-electron chi connectivity index (χ3n) is 6.97. The van der Waals surface area contributed by atoms with Gasteiger partial charge in [-0.3, -0.25) is 4.79 Å². The van der Waals surface area contributed by atoms with E-state index in [2.05, 4.69) is 33.9 Å². The van der Waals surface area contributed by atoms with Crippen LogP contribution in [0.1, 0.15) is 47.6 Å². The van der Waals surface area contributed by atoms with Crippen LogP contribution in [0.15, 0.2) is 30.3 Å². The lowest BCUT2D eigenvalue weighted by Gasteiger charge is -2.49. The normalized spacial score (nSPS) is 18.6. The van der Waals surface area contributed by atoms with Crippen LogP contribution < -0.4 is 4.78 Å². The van der Waals surface area contributed by atoms with Crippen molar-refractivity contribution in [1.29, 1.82) is 0 Å². The fraction of sp³-hybridized carbons (Fsp3) is 0.500. The highest BCUT2D eigenvalue weighted by atomic mass is 35.5. The standard InChI is InChI=1S/C22H29BClNO5SSi/c1-21(2,3)32(4,5)30-11-17(14-7-6-8-15(24)9-14)25-20(26)16-10-18(23(27)28)31-19(16)22(25)12-29-13-22/h6-10,17,27-28H,11-13H2,1-5H3/t17-/m1/s1. The SMILES string of the molecule is CC(C)(C)[Si](C)(C)OC[C@H](c1cccc(Cl)c1)N1C(=O)c2cc(B(O)O)sc2C12COC2. The molecule has 0 radical (unpaired) electrons. The Hall–Kier alpha value is -1.20. The molecule has 4 rings (SSSR count). The second-order valence-electron chi connectivity index (χ2n) is 10.1. The van der Waals surface area contributed by atoms with Gasteiger partial charge in [0.2, 0.25) is 0 Å². The average molecular weight is 494 g/mol. The van der Waals surface area contributed by atoms with Gasteiger partial charge in [-0.25, -0.2) is 0 Å². The highest BCUT2D eigenvalue weighted by molar-refractivity contribution is 7.22. The fourth-order valence-electron chi connectivity index (χ4n) is 4.02. The van der Waals surface area contributed by atoms with Gasteiger partial charge in [-0.1, -0.05) is 44.5 Å². The molecule has 10 heteroatoms. The van der Waals surface area contributed by atoms with Crippen LogP contribution in [-0.4, -0.2) is 56.1 Å². The Labute approximate surface area is 199 Å². The molecule has 172 valence electrons. The highest BCUT2D eigenvalue weighted by Gasteiger charge is 2.59. The zero-order valence-corrected chi connectivity index (χ0v) is 21.6. The summed E-state index contributed by atoms with van der Waals surface area (Å²) in [5.41, 5.74) is 0.794. The second-order valence-corrected chi connectivity index (χ2v) is 16.4. The number of carbonyl (C=O) groups excluding carboxylic acids is 1. The van der Waals surface area contributed by atoms with Crippen LogP contribution in [0.2, 0.25) is 23.2 Å². The number of carbonyl (C=O) groups is 1. The van der Waals surface area contributed by atoms with Crippen molar-refractivity contribution in [3.63, 3.8) is 0 Å². The Kier molecular flexibility index (Phi) is 6.16. The molecular weight excluding hydrogens is 465 g/mol. The molecule has 2 aromatic rings. The molecular formula is C22H29BClNO5SSi. The van der Waals surface area contributed by atoms with E-state index in [0.717, 1.165) is 10.4 Å². The molecule has 2 aliphatic rings. The van der Waals surface area contributed by atoms with E-state index in [1.807, 2.05) is 29.2 Å². The maximum atomic E-state index is 13.7. The number of hydrogen-bond acceptors (Lipinski definition) is 6. The number of hydrogen-bond donors (Lipinski definition) is 2. The molecule has 0 saturated carbocycles. The van der Waals surface area contributed by atoms with E-state index in [0.29, 0.717) is 35.2 Å². The van der Waals surface area contributed by atoms with Crippen molar-refractivity contribution in [2.45, 2.75) is 50.5 Å². The van der Waals surface area contributed by atoms with Crippen LogP contribution in [0.4, 0.5) is 0 Å². The van der Waals surface area contributed by atoms with Crippen molar-refractivity contribution in [3.8, 4) is 0 Å². The molecule has 2 aliphatic heterocycles. The maximum Gasteiger partial charge on any atom is 0.499 e. The molecule has 1 amide bonds. The minimum atomic E-state index is -2.08. The minimum Gasteiger partial charge on any atom is -0.423 e. The van der Waals surface area contributed by atoms with Gasteiger partial charge in [0.25, 0.3) is 5.91 Å². The summed E-state index contributed by atoms with van der Waals surface area (Å²) in [6.45, 7) is 12.0. The number of thiophene rings is 1. The van der Waals surface area contributed by atoms with Gasteiger partial charge in [0, 0.05) is 14.7 Å². The number of nitrogens with zero attached hydrogens (tertiary/aromatic N) is 1. The summed E-state index contributed by atoms with van der Waals surface area (Å²) in [4.78, 5) is 16.4. The first-order chi connectivity index (χ1) is 14.9. The van der Waals surface area contributed by atoms with Gasteiger partial charge in [-0.2, -0.15) is 0 Å². The molecule has 1 atom stereocenters. The van der Waals surface area contributed by atoms with Gasteiger partial charge in [0.1, 0.15) is 5.54 Å². The van der Waals surface area contributed by atoms with Crippen molar-refractivity contribution in [2.24, 2.45) is 0 Å². The number of halogens is 1. The maximum absolute atomic E-state index is 13.7. The van der Waals surface area contributed by atoms with Gasteiger partial charge in [-0.05, 0) is 41.9 Å². The lowest BCUT2D eigenvalue weighted by Crippen LogP contribution is -2.59. The van der Waals surface area contributed by atoms with Crippen molar-refractivity contribution < 1.29 is 24.0 Å². The lowest BCUT2D eigenvalue weighted by molar-refractivity contribution is -0.138. The van der Waals surface area contributed by atoms with Crippen LogP contribution in [-0.2, 0) is 14.7 Å². The van der Waals surface area contributed by atoms with E-state index < -0.39 is 21.0 Å². The summed E-state index contributed by atoms with van der Waals surface area (Å²) in [7, 11) is -3.68. The summed E-state index contributed by atoms with van der Waals surface area (Å²) in [6, 6.07) is 8.81. The molecule has 0 unspecified atom stereocenters. The van der Waals surface area contributed by atoms with Gasteiger partial charge in [-0.15, -0.1) is 11.3 Å². The first kappa shape index (κ1) is 23.9. The zero-order chi connectivity index (χ0) is 23.5. The Balaban J connectivity index is 1.75. The van der Waals surface area contributed by atoms with Crippen LogP contribution in [0.3, 0.4) is 0 Å². The summed E-state index contributed by atoms with van der Waals surface area (Å²) < 4.78 is 12.6. The molecule has 0 aliphatic carbocycles. The van der Waals surface area contributed by atoms with Crippen molar-refractivity contribution in [3.05, 3.63) is 51.4 Å². The zero-order valence-electron chi connectivity index (χ0n) is 19.0. The molecule has 32 heavy (non-hydrogen) atoms. The van der Waals surface area contributed by atoms with Gasteiger partial charge in [0.05, 0.1) is 31.4 Å². The molecule has 1 fully saturated rings. The van der Waals surface area contributed by atoms with Gasteiger partial charge >= 0.3 is 7.12 Å². The molecule has 1 saturated heterocycles. The van der Waals surface area contributed by atoms with Gasteiger partial charge in [0.15, 0.2) is 8.32 Å². The van der Waals surface area contributed by atoms with Crippen LogP contribution >= 0.6 is 22.9 Å². The minimum absolute atomic E-state index is 0.0307. The topological polar surface area (TPSA) is 79.2 Å². The fourth-order valence-corrected chi connectivity index (χ4v) is 6.40. The summed E-state index contributed by atoms with van der Waals surface area (Å²) in [5.74, 6) is -0.143. The number of benzene rings is 1. The molecule has 1 spiro atoms. The predicted octanol–water partition coefficient (Wildman–Crippen LogP) is 3.53. The van der Waals surface area contributed by atoms with E-state index >= 15 is 0 Å². The lowest BCUT2D eigenvalue weighted by atomic mass is 9.88. The second kappa shape index (κ2) is 8.23. The number of amides is 1. The largest absolute Gasteiger partial charge is 0.499 e. The third-order valence-corrected chi connectivity index (χ3v) is 13.1. The van der Waals surface area contributed by atoms with Crippen LogP contribution in [0.5, 0.6) is 0 Å². The summed E-state index contributed by atoms with van der Waals surface area (Å²) >= 11 is 7.59. The molecule has 6 nitrogen and oxygen atoms in total. The first-order valence-corrected chi connectivity index (χ1v) is 14.8. The quantitative estimate of drug-likeness (QED) is 0.602. The molecule has 1 aromatic carbocycles. The van der Waals surface area contributed by atoms with Crippen LogP contribution in [0.25, 0.3) is 0 Å². The number of ether oxygens (including phenoxy) is 1. The Morgan fingerprint density at radius 1 is 1.31 bits per heavy atom. The van der Waals surface area contributed by atoms with E-state index in [1.54, 1.807) is 6.07 Å². The molecule has 3 heterocycles. The van der Waals surface area contributed by atoms with E-state index in [1.165, 1.54) is 11.3 Å². The monoisotopic (exact) mass is 493 g/mol. The Bertz CT molecular complexity index is 1030.